The van der Waals surface area contributed by atoms with E-state index in [-0.39, 0.29) is 11.8 Å². The first-order valence-electron chi connectivity index (χ1n) is 9.24. The van der Waals surface area contributed by atoms with Gasteiger partial charge in [-0.1, -0.05) is 23.7 Å². The van der Waals surface area contributed by atoms with Gasteiger partial charge in [0.05, 0.1) is 19.8 Å². The minimum absolute atomic E-state index is 0.0231. The van der Waals surface area contributed by atoms with Gasteiger partial charge in [-0.25, -0.2) is 4.68 Å². The Morgan fingerprint density at radius 2 is 2.04 bits per heavy atom. The number of nitrogens with zero attached hydrogens (tertiary/aromatic N) is 5. The van der Waals surface area contributed by atoms with Crippen molar-refractivity contribution in [3.8, 4) is 0 Å². The number of carbonyl (C=O) groups excluding carboxylic acids is 1. The maximum Gasteiger partial charge on any atom is 0.220 e. The van der Waals surface area contributed by atoms with Crippen molar-refractivity contribution in [2.45, 2.75) is 25.3 Å². The highest BCUT2D eigenvalue weighted by atomic mass is 35.5. The van der Waals surface area contributed by atoms with Crippen LogP contribution in [0.5, 0.6) is 0 Å². The predicted molar refractivity (Wildman–Crippen MR) is 102 cm³/mol. The molecule has 2 heterocycles. The molecule has 0 bridgehead atoms. The number of morpholine rings is 1. The molecule has 1 N–H and O–H groups in total. The smallest absolute Gasteiger partial charge is 0.220 e. The second-order valence-electron chi connectivity index (χ2n) is 6.64. The molecule has 1 fully saturated rings. The molecule has 0 saturated carbocycles. The van der Waals surface area contributed by atoms with E-state index in [0.717, 1.165) is 44.8 Å². The lowest BCUT2D eigenvalue weighted by Crippen LogP contribution is -2.38. The molecule has 1 aliphatic heterocycles. The first-order valence-corrected chi connectivity index (χ1v) is 9.61. The summed E-state index contributed by atoms with van der Waals surface area (Å²) < 4.78 is 6.99. The van der Waals surface area contributed by atoms with Crippen molar-refractivity contribution < 1.29 is 9.53 Å². The van der Waals surface area contributed by atoms with Crippen LogP contribution in [0.1, 0.15) is 24.3 Å². The van der Waals surface area contributed by atoms with E-state index in [1.807, 2.05) is 24.3 Å². The summed E-state index contributed by atoms with van der Waals surface area (Å²) in [7, 11) is 0. The Morgan fingerprint density at radius 3 is 2.74 bits per heavy atom. The number of ether oxygens (including phenoxy) is 1. The van der Waals surface area contributed by atoms with Crippen LogP contribution in [0.15, 0.2) is 30.6 Å². The summed E-state index contributed by atoms with van der Waals surface area (Å²) in [5.74, 6) is 0.00927. The molecule has 1 amide bonds. The van der Waals surface area contributed by atoms with Gasteiger partial charge >= 0.3 is 0 Å². The normalized spacial score (nSPS) is 16.2. The van der Waals surface area contributed by atoms with Crippen molar-refractivity contribution in [3.63, 3.8) is 0 Å². The average Bonchev–Trinajstić information content (AvgIpc) is 3.19. The third kappa shape index (κ3) is 6.57. The van der Waals surface area contributed by atoms with Crippen LogP contribution in [0.3, 0.4) is 0 Å². The van der Waals surface area contributed by atoms with E-state index in [9.17, 15) is 4.79 Å². The van der Waals surface area contributed by atoms with Crippen LogP contribution in [-0.4, -0.2) is 70.4 Å². The summed E-state index contributed by atoms with van der Waals surface area (Å²) in [6.07, 6.45) is 2.87. The number of nitrogens with one attached hydrogen (secondary N) is 1. The van der Waals surface area contributed by atoms with Gasteiger partial charge in [-0.05, 0) is 41.1 Å². The Kier molecular flexibility index (Phi) is 7.55. The third-order valence-corrected chi connectivity index (χ3v) is 4.90. The monoisotopic (exact) mass is 392 g/mol. The molecule has 0 aliphatic carbocycles. The lowest BCUT2D eigenvalue weighted by Gasteiger charge is -2.26. The number of rotatable bonds is 9. The number of benzene rings is 1. The second-order valence-corrected chi connectivity index (χ2v) is 7.08. The number of tetrazole rings is 1. The Bertz CT molecular complexity index is 688. The Morgan fingerprint density at radius 1 is 1.26 bits per heavy atom. The van der Waals surface area contributed by atoms with Gasteiger partial charge in [0.25, 0.3) is 0 Å². The Hall–Kier alpha value is -2.03. The molecule has 146 valence electrons. The molecule has 0 spiro atoms. The van der Waals surface area contributed by atoms with Gasteiger partial charge in [0.2, 0.25) is 5.91 Å². The van der Waals surface area contributed by atoms with Crippen LogP contribution in [0.25, 0.3) is 0 Å². The summed E-state index contributed by atoms with van der Waals surface area (Å²) in [5.41, 5.74) is 1.04. The van der Waals surface area contributed by atoms with E-state index in [2.05, 4.69) is 25.7 Å². The van der Waals surface area contributed by atoms with E-state index in [1.165, 1.54) is 0 Å². The molecule has 1 atom stereocenters. The zero-order chi connectivity index (χ0) is 18.9. The minimum atomic E-state index is -0.0231. The maximum absolute atomic E-state index is 12.4. The molecule has 1 aromatic heterocycles. The predicted octanol–water partition coefficient (Wildman–Crippen LogP) is 1.34. The molecular formula is C18H25ClN6O2. The number of aromatic nitrogens is 4. The van der Waals surface area contributed by atoms with Gasteiger partial charge in [0, 0.05) is 37.0 Å². The Balaban J connectivity index is 1.48. The van der Waals surface area contributed by atoms with Crippen molar-refractivity contribution in [2.75, 3.05) is 39.4 Å². The van der Waals surface area contributed by atoms with Crippen molar-refractivity contribution in [3.05, 3.63) is 41.2 Å². The summed E-state index contributed by atoms with van der Waals surface area (Å²) in [4.78, 5) is 14.8. The van der Waals surface area contributed by atoms with E-state index in [0.29, 0.717) is 24.5 Å². The summed E-state index contributed by atoms with van der Waals surface area (Å²) in [6, 6.07) is 7.57. The van der Waals surface area contributed by atoms with Crippen molar-refractivity contribution in [1.82, 2.24) is 30.4 Å². The van der Waals surface area contributed by atoms with Gasteiger partial charge in [-0.3, -0.25) is 9.69 Å². The third-order valence-electron chi connectivity index (χ3n) is 4.65. The van der Waals surface area contributed by atoms with Crippen LogP contribution >= 0.6 is 11.6 Å². The minimum Gasteiger partial charge on any atom is -0.379 e. The lowest BCUT2D eigenvalue weighted by molar-refractivity contribution is -0.121. The molecule has 1 unspecified atom stereocenters. The first kappa shape index (κ1) is 19.7. The highest BCUT2D eigenvalue weighted by Gasteiger charge is 2.18. The largest absolute Gasteiger partial charge is 0.379 e. The fourth-order valence-electron chi connectivity index (χ4n) is 3.16. The summed E-state index contributed by atoms with van der Waals surface area (Å²) in [5, 5.41) is 14.9. The van der Waals surface area contributed by atoms with Crippen molar-refractivity contribution in [1.29, 1.82) is 0 Å². The topological polar surface area (TPSA) is 85.2 Å². The second kappa shape index (κ2) is 10.3. The van der Waals surface area contributed by atoms with Crippen LogP contribution in [0.2, 0.25) is 5.02 Å². The van der Waals surface area contributed by atoms with Crippen LogP contribution < -0.4 is 5.32 Å². The van der Waals surface area contributed by atoms with E-state index in [4.69, 9.17) is 16.3 Å². The molecule has 1 aliphatic rings. The van der Waals surface area contributed by atoms with Gasteiger partial charge in [-0.15, -0.1) is 5.10 Å². The number of hydrogen-bond acceptors (Lipinski definition) is 6. The molecular weight excluding hydrogens is 368 g/mol. The molecule has 1 aromatic carbocycles. The van der Waals surface area contributed by atoms with Gasteiger partial charge in [0.1, 0.15) is 6.33 Å². The number of amides is 1. The van der Waals surface area contributed by atoms with Crippen LogP contribution in [0, 0.1) is 0 Å². The van der Waals surface area contributed by atoms with Crippen LogP contribution in [-0.2, 0) is 16.1 Å². The summed E-state index contributed by atoms with van der Waals surface area (Å²) >= 11 is 5.98. The fraction of sp³-hybridized carbons (Fsp3) is 0.556. The molecule has 2 aromatic rings. The average molecular weight is 393 g/mol. The zero-order valence-electron chi connectivity index (χ0n) is 15.3. The van der Waals surface area contributed by atoms with Gasteiger partial charge < -0.3 is 10.1 Å². The number of carbonyl (C=O) groups is 1. The molecule has 0 radical (unpaired) electrons. The van der Waals surface area contributed by atoms with E-state index in [1.54, 1.807) is 11.0 Å². The zero-order valence-corrected chi connectivity index (χ0v) is 16.0. The lowest BCUT2D eigenvalue weighted by atomic mass is 9.95. The van der Waals surface area contributed by atoms with E-state index < -0.39 is 0 Å². The molecule has 1 saturated heterocycles. The molecule has 27 heavy (non-hydrogen) atoms. The fourth-order valence-corrected chi connectivity index (χ4v) is 3.29. The highest BCUT2D eigenvalue weighted by Crippen LogP contribution is 2.23. The number of hydrogen-bond donors (Lipinski definition) is 1. The highest BCUT2D eigenvalue weighted by molar-refractivity contribution is 6.30. The van der Waals surface area contributed by atoms with Crippen molar-refractivity contribution >= 4 is 17.5 Å². The quantitative estimate of drug-likeness (QED) is 0.648. The molecule has 8 nitrogen and oxygen atoms in total. The van der Waals surface area contributed by atoms with Gasteiger partial charge in [0.15, 0.2) is 0 Å². The molecule has 3 rings (SSSR count). The standard InChI is InChI=1S/C18H25ClN6O2/c19-17-4-2-15(3-5-17)16(13-25-14-21-22-23-25)12-18(26)20-6-1-7-24-8-10-27-11-9-24/h2-5,14,16H,1,6-13H2,(H,20,26). The van der Waals surface area contributed by atoms with E-state index >= 15 is 0 Å². The molecule has 9 heteroatoms. The van der Waals surface area contributed by atoms with Gasteiger partial charge in [-0.2, -0.15) is 0 Å². The SMILES string of the molecule is O=C(CC(Cn1cnnn1)c1ccc(Cl)cc1)NCCCN1CCOCC1. The summed E-state index contributed by atoms with van der Waals surface area (Å²) in [6.45, 7) is 5.73. The Labute approximate surface area is 163 Å². The van der Waals surface area contributed by atoms with Crippen molar-refractivity contribution in [2.24, 2.45) is 0 Å². The maximum atomic E-state index is 12.4. The number of halogens is 1. The first-order chi connectivity index (χ1) is 13.2. The van der Waals surface area contributed by atoms with Crippen LogP contribution in [0.4, 0.5) is 0 Å².